The SMILES string of the molecule is CC(=O)NC(C(=O)NC(CC(=O)OC(C)(C)C)C(=O)CBr)C(C)C. The van der Waals surface area contributed by atoms with E-state index in [0.29, 0.717) is 0 Å². The topological polar surface area (TPSA) is 102 Å². The minimum Gasteiger partial charge on any atom is -0.460 e. The zero-order valence-electron chi connectivity index (χ0n) is 15.1. The third kappa shape index (κ3) is 9.00. The Kier molecular flexibility index (Phi) is 9.17. The number of rotatable bonds is 8. The molecule has 0 spiro atoms. The normalized spacial score (nSPS) is 13.8. The number of hydrogen-bond donors (Lipinski definition) is 2. The third-order valence-electron chi connectivity index (χ3n) is 2.94. The monoisotopic (exact) mass is 406 g/mol. The number of esters is 1. The van der Waals surface area contributed by atoms with Gasteiger partial charge in [-0.2, -0.15) is 0 Å². The molecule has 0 heterocycles. The summed E-state index contributed by atoms with van der Waals surface area (Å²) < 4.78 is 5.19. The van der Waals surface area contributed by atoms with Gasteiger partial charge in [0.25, 0.3) is 0 Å². The summed E-state index contributed by atoms with van der Waals surface area (Å²) in [6.07, 6.45) is -0.266. The summed E-state index contributed by atoms with van der Waals surface area (Å²) >= 11 is 3.04. The molecule has 0 saturated heterocycles. The highest BCUT2D eigenvalue weighted by Gasteiger charge is 2.30. The van der Waals surface area contributed by atoms with Gasteiger partial charge in [0.05, 0.1) is 17.8 Å². The Morgan fingerprint density at radius 1 is 1.08 bits per heavy atom. The number of ketones is 1. The number of carbonyl (C=O) groups excluding carboxylic acids is 4. The van der Waals surface area contributed by atoms with Gasteiger partial charge in [0, 0.05) is 6.92 Å². The van der Waals surface area contributed by atoms with Crippen molar-refractivity contribution in [1.82, 2.24) is 10.6 Å². The lowest BCUT2D eigenvalue weighted by atomic mass is 10.0. The second-order valence-corrected chi connectivity index (χ2v) is 7.43. The molecule has 0 aromatic carbocycles. The van der Waals surface area contributed by atoms with Crippen molar-refractivity contribution in [3.8, 4) is 0 Å². The first kappa shape index (κ1) is 22.6. The molecular weight excluding hydrogens is 380 g/mol. The van der Waals surface area contributed by atoms with E-state index in [0.717, 1.165) is 0 Å². The highest BCUT2D eigenvalue weighted by molar-refractivity contribution is 9.09. The molecule has 2 N–H and O–H groups in total. The van der Waals surface area contributed by atoms with Crippen molar-refractivity contribution in [2.45, 2.75) is 65.6 Å². The van der Waals surface area contributed by atoms with Crippen molar-refractivity contribution >= 4 is 39.5 Å². The lowest BCUT2D eigenvalue weighted by Gasteiger charge is -2.25. The van der Waals surface area contributed by atoms with E-state index >= 15 is 0 Å². The van der Waals surface area contributed by atoms with Gasteiger partial charge >= 0.3 is 5.97 Å². The molecule has 24 heavy (non-hydrogen) atoms. The zero-order valence-corrected chi connectivity index (χ0v) is 16.7. The summed E-state index contributed by atoms with van der Waals surface area (Å²) in [5, 5.41) is 5.07. The third-order valence-corrected chi connectivity index (χ3v) is 3.49. The van der Waals surface area contributed by atoms with E-state index in [2.05, 4.69) is 26.6 Å². The van der Waals surface area contributed by atoms with Gasteiger partial charge in [-0.3, -0.25) is 19.2 Å². The molecule has 0 aromatic rings. The lowest BCUT2D eigenvalue weighted by Crippen LogP contribution is -2.54. The van der Waals surface area contributed by atoms with Crippen molar-refractivity contribution in [3.63, 3.8) is 0 Å². The van der Waals surface area contributed by atoms with Crippen LogP contribution < -0.4 is 10.6 Å². The first-order valence-corrected chi connectivity index (χ1v) is 8.87. The largest absolute Gasteiger partial charge is 0.460 e. The van der Waals surface area contributed by atoms with Gasteiger partial charge in [-0.15, -0.1) is 0 Å². The summed E-state index contributed by atoms with van der Waals surface area (Å²) in [5.41, 5.74) is -0.681. The Bertz CT molecular complexity index is 485. The van der Waals surface area contributed by atoms with Crippen LogP contribution in [0.25, 0.3) is 0 Å². The fraction of sp³-hybridized carbons (Fsp3) is 0.750. The quantitative estimate of drug-likeness (QED) is 0.467. The molecule has 8 heteroatoms. The van der Waals surface area contributed by atoms with E-state index < -0.39 is 29.6 Å². The molecule has 0 radical (unpaired) electrons. The summed E-state index contributed by atoms with van der Waals surface area (Å²) in [5.74, 6) is -1.96. The average molecular weight is 407 g/mol. The molecule has 0 aliphatic heterocycles. The predicted octanol–water partition coefficient (Wildman–Crippen LogP) is 1.33. The lowest BCUT2D eigenvalue weighted by molar-refractivity contribution is -0.156. The standard InChI is InChI=1S/C16H27BrN2O5/c1-9(2)14(18-10(3)20)15(23)19-11(12(21)8-17)7-13(22)24-16(4,5)6/h9,11,14H,7-8H2,1-6H3,(H,18,20)(H,19,23). The van der Waals surface area contributed by atoms with Crippen molar-refractivity contribution in [2.24, 2.45) is 5.92 Å². The summed E-state index contributed by atoms with van der Waals surface area (Å²) in [7, 11) is 0. The van der Waals surface area contributed by atoms with Crippen LogP contribution in [0.1, 0.15) is 48.0 Å². The van der Waals surface area contributed by atoms with E-state index in [1.807, 2.05) is 0 Å². The maximum atomic E-state index is 12.4. The van der Waals surface area contributed by atoms with Crippen LogP contribution in [0.3, 0.4) is 0 Å². The minimum atomic E-state index is -1.01. The van der Waals surface area contributed by atoms with Crippen LogP contribution in [0.15, 0.2) is 0 Å². The smallest absolute Gasteiger partial charge is 0.308 e. The molecule has 7 nitrogen and oxygen atoms in total. The predicted molar refractivity (Wildman–Crippen MR) is 93.6 cm³/mol. The highest BCUT2D eigenvalue weighted by Crippen LogP contribution is 2.11. The maximum Gasteiger partial charge on any atom is 0.308 e. The van der Waals surface area contributed by atoms with Crippen molar-refractivity contribution in [1.29, 1.82) is 0 Å². The van der Waals surface area contributed by atoms with E-state index in [1.165, 1.54) is 6.92 Å². The van der Waals surface area contributed by atoms with Crippen molar-refractivity contribution < 1.29 is 23.9 Å². The van der Waals surface area contributed by atoms with E-state index in [-0.39, 0.29) is 29.4 Å². The number of nitrogens with one attached hydrogen (secondary N) is 2. The van der Waals surface area contributed by atoms with Crippen LogP contribution in [0, 0.1) is 5.92 Å². The van der Waals surface area contributed by atoms with Crippen LogP contribution in [0.5, 0.6) is 0 Å². The second kappa shape index (κ2) is 9.76. The van der Waals surface area contributed by atoms with Crippen LogP contribution in [0.4, 0.5) is 0 Å². The molecule has 0 rings (SSSR count). The molecule has 138 valence electrons. The molecule has 2 atom stereocenters. The Hall–Kier alpha value is -1.44. The molecule has 0 saturated carbocycles. The van der Waals surface area contributed by atoms with Crippen LogP contribution >= 0.6 is 15.9 Å². The Balaban J connectivity index is 5.06. The fourth-order valence-corrected chi connectivity index (χ4v) is 2.29. The van der Waals surface area contributed by atoms with E-state index in [1.54, 1.807) is 34.6 Å². The van der Waals surface area contributed by atoms with Crippen LogP contribution in [-0.4, -0.2) is 46.6 Å². The number of ether oxygens (including phenoxy) is 1. The van der Waals surface area contributed by atoms with E-state index in [4.69, 9.17) is 4.74 Å². The van der Waals surface area contributed by atoms with E-state index in [9.17, 15) is 19.2 Å². The van der Waals surface area contributed by atoms with Crippen molar-refractivity contribution in [3.05, 3.63) is 0 Å². The highest BCUT2D eigenvalue weighted by atomic mass is 79.9. The summed E-state index contributed by atoms with van der Waals surface area (Å²) in [4.78, 5) is 47.6. The number of carbonyl (C=O) groups is 4. The molecule has 0 aromatic heterocycles. The number of halogens is 1. The fourth-order valence-electron chi connectivity index (χ4n) is 1.90. The first-order chi connectivity index (χ1) is 10.9. The minimum absolute atomic E-state index is 0.00672. The Morgan fingerprint density at radius 2 is 1.62 bits per heavy atom. The second-order valence-electron chi connectivity index (χ2n) is 6.87. The zero-order chi connectivity index (χ0) is 19.1. The van der Waals surface area contributed by atoms with Gasteiger partial charge in [0.1, 0.15) is 11.6 Å². The van der Waals surface area contributed by atoms with Crippen LogP contribution in [-0.2, 0) is 23.9 Å². The average Bonchev–Trinajstić information content (AvgIpc) is 2.40. The van der Waals surface area contributed by atoms with Gasteiger partial charge in [-0.05, 0) is 26.7 Å². The molecule has 0 aliphatic carbocycles. The molecule has 0 aliphatic rings. The molecule has 2 amide bonds. The molecule has 0 bridgehead atoms. The Morgan fingerprint density at radius 3 is 2.00 bits per heavy atom. The number of hydrogen-bond acceptors (Lipinski definition) is 5. The maximum absolute atomic E-state index is 12.4. The summed E-state index contributed by atoms with van der Waals surface area (Å²) in [6.45, 7) is 10.0. The Labute approximate surface area is 151 Å². The van der Waals surface area contributed by atoms with Gasteiger partial charge < -0.3 is 15.4 Å². The van der Waals surface area contributed by atoms with Gasteiger partial charge in [0.2, 0.25) is 11.8 Å². The number of amides is 2. The number of alkyl halides is 1. The number of Topliss-reactive ketones (excluding diaryl/α,β-unsaturated/α-hetero) is 1. The van der Waals surface area contributed by atoms with Crippen molar-refractivity contribution in [2.75, 3.05) is 5.33 Å². The molecule has 2 unspecified atom stereocenters. The summed E-state index contributed by atoms with van der Waals surface area (Å²) in [6, 6.07) is -1.80. The van der Waals surface area contributed by atoms with Gasteiger partial charge in [-0.25, -0.2) is 0 Å². The first-order valence-electron chi connectivity index (χ1n) is 7.75. The molecular formula is C16H27BrN2O5. The van der Waals surface area contributed by atoms with Crippen LogP contribution in [0.2, 0.25) is 0 Å². The van der Waals surface area contributed by atoms with Gasteiger partial charge in [-0.1, -0.05) is 29.8 Å². The molecule has 0 fully saturated rings. The van der Waals surface area contributed by atoms with Gasteiger partial charge in [0.15, 0.2) is 5.78 Å².